The fraction of sp³-hybridized carbons (Fsp3) is 0.556. The van der Waals surface area contributed by atoms with Gasteiger partial charge in [0.25, 0.3) is 0 Å². The van der Waals surface area contributed by atoms with Crippen LogP contribution in [-0.4, -0.2) is 39.9 Å². The van der Waals surface area contributed by atoms with Crippen LogP contribution in [0.4, 0.5) is 0 Å². The van der Waals surface area contributed by atoms with Crippen LogP contribution in [0.2, 0.25) is 0 Å². The van der Waals surface area contributed by atoms with Gasteiger partial charge in [0, 0.05) is 25.3 Å². The highest BCUT2D eigenvalue weighted by Crippen LogP contribution is 2.23. The number of aliphatic hydroxyl groups is 1. The quantitative estimate of drug-likeness (QED) is 0.849. The first-order valence-electron chi connectivity index (χ1n) is 8.10. The number of hydrogen-bond donors (Lipinski definition) is 1. The molecule has 0 fully saturated rings. The normalized spacial score (nSPS) is 12.1. The lowest BCUT2D eigenvalue weighted by molar-refractivity contribution is 0.155. The third-order valence-corrected chi connectivity index (χ3v) is 3.53. The van der Waals surface area contributed by atoms with Crippen molar-refractivity contribution in [3.8, 4) is 11.5 Å². The second-order valence-corrected chi connectivity index (χ2v) is 7.16. The van der Waals surface area contributed by atoms with Gasteiger partial charge in [-0.15, -0.1) is 10.2 Å². The van der Waals surface area contributed by atoms with Crippen molar-refractivity contribution in [3.05, 3.63) is 35.7 Å². The predicted octanol–water partition coefficient (Wildman–Crippen LogP) is 3.28. The van der Waals surface area contributed by atoms with Gasteiger partial charge < -0.3 is 9.52 Å². The third kappa shape index (κ3) is 5.44. The molecule has 0 aliphatic carbocycles. The van der Waals surface area contributed by atoms with Crippen LogP contribution in [0.1, 0.15) is 38.6 Å². The Kier molecular flexibility index (Phi) is 5.91. The van der Waals surface area contributed by atoms with Gasteiger partial charge in [-0.2, -0.15) is 0 Å². The van der Waals surface area contributed by atoms with Crippen molar-refractivity contribution < 1.29 is 9.52 Å². The first kappa shape index (κ1) is 17.6. The maximum atomic E-state index is 9.08. The maximum Gasteiger partial charge on any atom is 0.248 e. The fourth-order valence-electron chi connectivity index (χ4n) is 2.61. The largest absolute Gasteiger partial charge is 0.419 e. The zero-order chi connectivity index (χ0) is 16.9. The van der Waals surface area contributed by atoms with Gasteiger partial charge in [0.1, 0.15) is 0 Å². The third-order valence-electron chi connectivity index (χ3n) is 3.53. The Bertz CT molecular complexity index is 617. The lowest BCUT2D eigenvalue weighted by Crippen LogP contribution is -2.33. The summed E-state index contributed by atoms with van der Waals surface area (Å²) in [6.45, 7) is 11.2. The molecule has 0 aliphatic heterocycles. The second kappa shape index (κ2) is 7.70. The minimum absolute atomic E-state index is 0.175. The maximum absolute atomic E-state index is 9.08. The fourth-order valence-corrected chi connectivity index (χ4v) is 2.61. The van der Waals surface area contributed by atoms with Gasteiger partial charge in [0.05, 0.1) is 6.54 Å². The molecule has 0 unspecified atom stereocenters. The SMILES string of the molecule is Cc1ccccc1-c1nnc(CN(CCCO)CC(C)(C)C)o1. The minimum atomic E-state index is 0.175. The Balaban J connectivity index is 2.10. The summed E-state index contributed by atoms with van der Waals surface area (Å²) in [4.78, 5) is 2.26. The minimum Gasteiger partial charge on any atom is -0.419 e. The summed E-state index contributed by atoms with van der Waals surface area (Å²) in [5.41, 5.74) is 2.27. The lowest BCUT2D eigenvalue weighted by atomic mass is 9.96. The molecule has 1 heterocycles. The highest BCUT2D eigenvalue weighted by Gasteiger charge is 2.19. The van der Waals surface area contributed by atoms with Gasteiger partial charge in [-0.1, -0.05) is 39.0 Å². The number of rotatable bonds is 7. The van der Waals surface area contributed by atoms with E-state index in [2.05, 4.69) is 35.9 Å². The molecule has 0 aliphatic rings. The highest BCUT2D eigenvalue weighted by molar-refractivity contribution is 5.57. The molecule has 0 radical (unpaired) electrons. The molecule has 1 aromatic carbocycles. The molecule has 5 nitrogen and oxygen atoms in total. The molecule has 0 amide bonds. The molecule has 0 saturated carbocycles. The van der Waals surface area contributed by atoms with Gasteiger partial charge >= 0.3 is 0 Å². The first-order valence-corrected chi connectivity index (χ1v) is 8.10. The van der Waals surface area contributed by atoms with Crippen LogP contribution in [0, 0.1) is 12.3 Å². The smallest absolute Gasteiger partial charge is 0.248 e. The number of nitrogens with zero attached hydrogens (tertiary/aromatic N) is 3. The van der Waals surface area contributed by atoms with Gasteiger partial charge in [0.2, 0.25) is 11.8 Å². The number of benzene rings is 1. The van der Waals surface area contributed by atoms with Crippen molar-refractivity contribution in [2.45, 2.75) is 40.7 Å². The van der Waals surface area contributed by atoms with E-state index in [1.165, 1.54) is 0 Å². The van der Waals surface area contributed by atoms with Crippen molar-refractivity contribution in [3.63, 3.8) is 0 Å². The van der Waals surface area contributed by atoms with Crippen LogP contribution >= 0.6 is 0 Å². The van der Waals surface area contributed by atoms with E-state index < -0.39 is 0 Å². The highest BCUT2D eigenvalue weighted by atomic mass is 16.4. The molecule has 1 aromatic heterocycles. The summed E-state index contributed by atoms with van der Waals surface area (Å²) in [5, 5.41) is 17.5. The molecular weight excluding hydrogens is 290 g/mol. The number of aryl methyl sites for hydroxylation is 1. The summed E-state index contributed by atoms with van der Waals surface area (Å²) in [7, 11) is 0. The van der Waals surface area contributed by atoms with Crippen molar-refractivity contribution in [1.82, 2.24) is 15.1 Å². The predicted molar refractivity (Wildman–Crippen MR) is 90.9 cm³/mol. The van der Waals surface area contributed by atoms with E-state index in [1.54, 1.807) is 0 Å². The van der Waals surface area contributed by atoms with Crippen LogP contribution < -0.4 is 0 Å². The molecular formula is C18H27N3O2. The van der Waals surface area contributed by atoms with E-state index in [-0.39, 0.29) is 12.0 Å². The summed E-state index contributed by atoms with van der Waals surface area (Å²) in [6, 6.07) is 7.99. The molecule has 0 saturated heterocycles. The Morgan fingerprint density at radius 1 is 1.17 bits per heavy atom. The molecule has 2 rings (SSSR count). The number of aliphatic hydroxyl groups excluding tert-OH is 1. The van der Waals surface area contributed by atoms with Crippen LogP contribution in [0.3, 0.4) is 0 Å². The zero-order valence-electron chi connectivity index (χ0n) is 14.5. The Morgan fingerprint density at radius 3 is 2.57 bits per heavy atom. The van der Waals surface area contributed by atoms with E-state index in [1.807, 2.05) is 31.2 Å². The molecule has 1 N–H and O–H groups in total. The topological polar surface area (TPSA) is 62.4 Å². The molecule has 5 heteroatoms. The van der Waals surface area contributed by atoms with Gasteiger partial charge in [-0.25, -0.2) is 0 Å². The average molecular weight is 317 g/mol. The Labute approximate surface area is 138 Å². The van der Waals surface area contributed by atoms with Crippen molar-refractivity contribution in [1.29, 1.82) is 0 Å². The van der Waals surface area contributed by atoms with Crippen LogP contribution in [0.15, 0.2) is 28.7 Å². The van der Waals surface area contributed by atoms with Crippen molar-refractivity contribution >= 4 is 0 Å². The van der Waals surface area contributed by atoms with E-state index >= 15 is 0 Å². The zero-order valence-corrected chi connectivity index (χ0v) is 14.5. The average Bonchev–Trinajstić information content (AvgIpc) is 2.92. The summed E-state index contributed by atoms with van der Waals surface area (Å²) < 4.78 is 5.85. The van der Waals surface area contributed by atoms with Crippen LogP contribution in [0.25, 0.3) is 11.5 Å². The standard InChI is InChI=1S/C18H27N3O2/c1-14-8-5-6-9-15(14)17-20-19-16(23-17)12-21(10-7-11-22)13-18(2,3)4/h5-6,8-9,22H,7,10-13H2,1-4H3. The Hall–Kier alpha value is -1.72. The number of hydrogen-bond acceptors (Lipinski definition) is 5. The molecule has 126 valence electrons. The van der Waals surface area contributed by atoms with E-state index in [0.717, 1.165) is 30.6 Å². The van der Waals surface area contributed by atoms with E-state index in [4.69, 9.17) is 9.52 Å². The van der Waals surface area contributed by atoms with E-state index in [0.29, 0.717) is 18.3 Å². The van der Waals surface area contributed by atoms with Gasteiger partial charge in [0.15, 0.2) is 0 Å². The first-order chi connectivity index (χ1) is 10.9. The molecule has 0 spiro atoms. The van der Waals surface area contributed by atoms with Gasteiger partial charge in [-0.3, -0.25) is 4.90 Å². The Morgan fingerprint density at radius 2 is 1.91 bits per heavy atom. The second-order valence-electron chi connectivity index (χ2n) is 7.16. The van der Waals surface area contributed by atoms with Crippen LogP contribution in [-0.2, 0) is 6.54 Å². The van der Waals surface area contributed by atoms with Crippen molar-refractivity contribution in [2.24, 2.45) is 5.41 Å². The monoisotopic (exact) mass is 317 g/mol. The summed E-state index contributed by atoms with van der Waals surface area (Å²) in [5.74, 6) is 1.18. The number of aromatic nitrogens is 2. The van der Waals surface area contributed by atoms with Gasteiger partial charge in [-0.05, 0) is 30.4 Å². The molecule has 2 aromatic rings. The van der Waals surface area contributed by atoms with Crippen molar-refractivity contribution in [2.75, 3.05) is 19.7 Å². The lowest BCUT2D eigenvalue weighted by Gasteiger charge is -2.28. The van der Waals surface area contributed by atoms with Crippen LogP contribution in [0.5, 0.6) is 0 Å². The molecule has 0 atom stereocenters. The molecule has 0 bridgehead atoms. The summed E-state index contributed by atoms with van der Waals surface area (Å²) in [6.07, 6.45) is 0.745. The summed E-state index contributed by atoms with van der Waals surface area (Å²) >= 11 is 0. The molecule has 23 heavy (non-hydrogen) atoms. The van der Waals surface area contributed by atoms with E-state index in [9.17, 15) is 0 Å².